The lowest BCUT2D eigenvalue weighted by atomic mass is 9.82. The summed E-state index contributed by atoms with van der Waals surface area (Å²) in [5.74, 6) is -2.43. The second-order valence-corrected chi connectivity index (χ2v) is 8.09. The maximum absolute atomic E-state index is 13.5. The maximum atomic E-state index is 13.5. The SMILES string of the molecule is O=C1c2cc([N+](=O)[O-])ccc2C2C1C(c1ccccc1)C([N+](=O)[O-])C2c1ccccc1. The van der Waals surface area contributed by atoms with Crippen molar-refractivity contribution in [1.82, 2.24) is 0 Å². The third-order valence-electron chi connectivity index (χ3n) is 6.68. The summed E-state index contributed by atoms with van der Waals surface area (Å²) >= 11 is 0. The molecule has 0 aromatic heterocycles. The largest absolute Gasteiger partial charge is 0.294 e. The molecule has 3 aromatic carbocycles. The fourth-order valence-corrected chi connectivity index (χ4v) is 5.57. The van der Waals surface area contributed by atoms with E-state index in [0.717, 1.165) is 11.1 Å². The van der Waals surface area contributed by atoms with E-state index in [1.54, 1.807) is 6.07 Å². The summed E-state index contributed by atoms with van der Waals surface area (Å²) in [5.41, 5.74) is 2.38. The molecule has 0 heterocycles. The Morgan fingerprint density at radius 2 is 1.23 bits per heavy atom. The number of hydrogen-bond acceptors (Lipinski definition) is 5. The molecule has 31 heavy (non-hydrogen) atoms. The van der Waals surface area contributed by atoms with Crippen LogP contribution in [0.3, 0.4) is 0 Å². The minimum absolute atomic E-state index is 0.148. The van der Waals surface area contributed by atoms with Crippen LogP contribution in [0.5, 0.6) is 0 Å². The Morgan fingerprint density at radius 1 is 0.677 bits per heavy atom. The maximum Gasteiger partial charge on any atom is 0.270 e. The molecule has 0 saturated heterocycles. The molecule has 5 rings (SSSR count). The van der Waals surface area contributed by atoms with E-state index in [0.29, 0.717) is 11.1 Å². The van der Waals surface area contributed by atoms with E-state index in [1.807, 2.05) is 60.7 Å². The van der Waals surface area contributed by atoms with Crippen molar-refractivity contribution in [2.45, 2.75) is 23.8 Å². The average molecular weight is 414 g/mol. The molecular weight excluding hydrogens is 396 g/mol. The number of nitro groups is 2. The lowest BCUT2D eigenvalue weighted by molar-refractivity contribution is -0.527. The molecule has 154 valence electrons. The third kappa shape index (κ3) is 2.84. The lowest BCUT2D eigenvalue weighted by Crippen LogP contribution is -2.31. The molecule has 2 aliphatic rings. The fourth-order valence-electron chi connectivity index (χ4n) is 5.57. The Labute approximate surface area is 177 Å². The van der Waals surface area contributed by atoms with Gasteiger partial charge in [-0.25, -0.2) is 0 Å². The van der Waals surface area contributed by atoms with E-state index in [2.05, 4.69) is 0 Å². The monoisotopic (exact) mass is 414 g/mol. The van der Waals surface area contributed by atoms with Crippen molar-refractivity contribution in [3.8, 4) is 0 Å². The van der Waals surface area contributed by atoms with Crippen molar-refractivity contribution in [3.63, 3.8) is 0 Å². The first-order chi connectivity index (χ1) is 15.0. The quantitative estimate of drug-likeness (QED) is 0.454. The molecule has 0 spiro atoms. The Morgan fingerprint density at radius 3 is 1.74 bits per heavy atom. The molecule has 1 saturated carbocycles. The number of benzene rings is 3. The van der Waals surface area contributed by atoms with Crippen LogP contribution in [0.25, 0.3) is 0 Å². The lowest BCUT2D eigenvalue weighted by Gasteiger charge is -2.22. The predicted octanol–water partition coefficient (Wildman–Crippen LogP) is 4.72. The number of carbonyl (C=O) groups is 1. The summed E-state index contributed by atoms with van der Waals surface area (Å²) in [7, 11) is 0. The smallest absolute Gasteiger partial charge is 0.270 e. The summed E-state index contributed by atoms with van der Waals surface area (Å²) in [5, 5.41) is 23.6. The van der Waals surface area contributed by atoms with Crippen LogP contribution in [0.15, 0.2) is 78.9 Å². The van der Waals surface area contributed by atoms with E-state index < -0.39 is 34.6 Å². The van der Waals surface area contributed by atoms with Crippen molar-refractivity contribution in [2.75, 3.05) is 0 Å². The third-order valence-corrected chi connectivity index (χ3v) is 6.68. The molecule has 5 atom stereocenters. The Kier molecular flexibility index (Phi) is 4.39. The molecule has 2 aliphatic carbocycles. The van der Waals surface area contributed by atoms with Crippen molar-refractivity contribution >= 4 is 11.5 Å². The predicted molar refractivity (Wildman–Crippen MR) is 113 cm³/mol. The molecule has 0 amide bonds. The first kappa shape index (κ1) is 19.1. The summed E-state index contributed by atoms with van der Waals surface area (Å²) in [4.78, 5) is 36.4. The van der Waals surface area contributed by atoms with Crippen LogP contribution in [0.2, 0.25) is 0 Å². The van der Waals surface area contributed by atoms with Gasteiger partial charge in [0, 0.05) is 34.5 Å². The molecule has 0 N–H and O–H groups in total. The highest BCUT2D eigenvalue weighted by atomic mass is 16.6. The number of hydrogen-bond donors (Lipinski definition) is 0. The van der Waals surface area contributed by atoms with Gasteiger partial charge in [-0.05, 0) is 16.7 Å². The zero-order valence-corrected chi connectivity index (χ0v) is 16.3. The van der Waals surface area contributed by atoms with E-state index in [-0.39, 0.29) is 16.4 Å². The zero-order chi connectivity index (χ0) is 21.7. The second kappa shape index (κ2) is 7.12. The van der Waals surface area contributed by atoms with Crippen LogP contribution in [0.1, 0.15) is 44.8 Å². The van der Waals surface area contributed by atoms with E-state index in [1.165, 1.54) is 12.1 Å². The minimum atomic E-state index is -0.980. The number of nitrogens with zero attached hydrogens (tertiary/aromatic N) is 2. The van der Waals surface area contributed by atoms with Crippen LogP contribution in [-0.2, 0) is 0 Å². The van der Waals surface area contributed by atoms with Gasteiger partial charge in [-0.2, -0.15) is 0 Å². The molecule has 1 fully saturated rings. The number of Topliss-reactive ketones (excluding diaryl/α,β-unsaturated/α-hetero) is 1. The topological polar surface area (TPSA) is 103 Å². The van der Waals surface area contributed by atoms with Gasteiger partial charge in [-0.1, -0.05) is 66.7 Å². The summed E-state index contributed by atoms with van der Waals surface area (Å²) < 4.78 is 0. The fraction of sp³-hybridized carbons (Fsp3) is 0.208. The van der Waals surface area contributed by atoms with E-state index >= 15 is 0 Å². The van der Waals surface area contributed by atoms with Gasteiger partial charge in [0.2, 0.25) is 6.04 Å². The van der Waals surface area contributed by atoms with Crippen molar-refractivity contribution in [1.29, 1.82) is 0 Å². The van der Waals surface area contributed by atoms with Gasteiger partial charge in [-0.3, -0.25) is 25.0 Å². The Hall–Kier alpha value is -3.87. The standard InChI is InChI=1S/C24H18N2O5/c27-24-18-13-16(25(28)29)11-12-17(18)21-19(14-7-3-1-4-8-14)23(26(30)31)20(22(21)24)15-9-5-2-6-10-15/h1-13,19-23H. The van der Waals surface area contributed by atoms with E-state index in [9.17, 15) is 25.0 Å². The number of nitro benzene ring substituents is 1. The van der Waals surface area contributed by atoms with E-state index in [4.69, 9.17) is 0 Å². The van der Waals surface area contributed by atoms with Gasteiger partial charge >= 0.3 is 0 Å². The second-order valence-electron chi connectivity index (χ2n) is 8.09. The molecule has 5 unspecified atom stereocenters. The number of non-ortho nitro benzene ring substituents is 1. The van der Waals surface area contributed by atoms with Gasteiger partial charge in [0.25, 0.3) is 5.69 Å². The zero-order valence-electron chi connectivity index (χ0n) is 16.3. The Bertz CT molecular complexity index is 1200. The van der Waals surface area contributed by atoms with Gasteiger partial charge < -0.3 is 0 Å². The first-order valence-electron chi connectivity index (χ1n) is 10.0. The summed E-state index contributed by atoms with van der Waals surface area (Å²) in [6.45, 7) is 0. The highest BCUT2D eigenvalue weighted by molar-refractivity contribution is 6.05. The number of ketones is 1. The molecule has 7 heteroatoms. The van der Waals surface area contributed by atoms with Crippen molar-refractivity contribution < 1.29 is 14.6 Å². The molecule has 3 aromatic rings. The first-order valence-corrected chi connectivity index (χ1v) is 10.0. The highest BCUT2D eigenvalue weighted by Gasteiger charge is 2.63. The molecule has 0 bridgehead atoms. The number of fused-ring (bicyclic) bond motifs is 3. The van der Waals surface area contributed by atoms with Gasteiger partial charge in [0.05, 0.1) is 16.8 Å². The highest BCUT2D eigenvalue weighted by Crippen LogP contribution is 2.61. The van der Waals surface area contributed by atoms with Gasteiger partial charge in [0.1, 0.15) is 0 Å². The van der Waals surface area contributed by atoms with Gasteiger partial charge in [-0.15, -0.1) is 0 Å². The minimum Gasteiger partial charge on any atom is -0.294 e. The number of rotatable bonds is 4. The summed E-state index contributed by atoms with van der Waals surface area (Å²) in [6.07, 6.45) is 0. The molecule has 0 aliphatic heterocycles. The van der Waals surface area contributed by atoms with Crippen molar-refractivity contribution in [3.05, 3.63) is 121 Å². The van der Waals surface area contributed by atoms with Gasteiger partial charge in [0.15, 0.2) is 5.78 Å². The average Bonchev–Trinajstić information content (AvgIpc) is 3.28. The van der Waals surface area contributed by atoms with Crippen LogP contribution >= 0.6 is 0 Å². The van der Waals surface area contributed by atoms with Crippen molar-refractivity contribution in [2.24, 2.45) is 5.92 Å². The normalized spacial score (nSPS) is 26.3. The van der Waals surface area contributed by atoms with Crippen LogP contribution in [-0.4, -0.2) is 21.7 Å². The summed E-state index contributed by atoms with van der Waals surface area (Å²) in [6, 6.07) is 21.7. The Balaban J connectivity index is 1.75. The molecule has 7 nitrogen and oxygen atoms in total. The van der Waals surface area contributed by atoms with Crippen LogP contribution in [0.4, 0.5) is 5.69 Å². The van der Waals surface area contributed by atoms with Crippen LogP contribution in [0, 0.1) is 26.1 Å². The number of carbonyl (C=O) groups excluding carboxylic acids is 1. The molecular formula is C24H18N2O5. The molecule has 0 radical (unpaired) electrons. The van der Waals surface area contributed by atoms with Crippen LogP contribution < -0.4 is 0 Å².